The van der Waals surface area contributed by atoms with Crippen molar-refractivity contribution < 1.29 is 34.1 Å². The smallest absolute Gasteiger partial charge is 0.255 e. The molecular weight excluding hydrogens is 442 g/mol. The van der Waals surface area contributed by atoms with Crippen LogP contribution in [0.1, 0.15) is 29.0 Å². The van der Waals surface area contributed by atoms with Crippen LogP contribution in [0.2, 0.25) is 0 Å². The normalized spacial score (nSPS) is 28.9. The highest BCUT2D eigenvalue weighted by molar-refractivity contribution is 6.24. The molecule has 0 unspecified atom stereocenters. The van der Waals surface area contributed by atoms with Crippen molar-refractivity contribution in [3.63, 3.8) is 0 Å². The summed E-state index contributed by atoms with van der Waals surface area (Å²) in [7, 11) is 3.17. The quantitative estimate of drug-likeness (QED) is 0.471. The molecule has 5 rings (SSSR count). The number of aromatic nitrogens is 1. The monoisotopic (exact) mass is 467 g/mol. The summed E-state index contributed by atoms with van der Waals surface area (Å²) in [5.74, 6) is -5.56. The van der Waals surface area contributed by atoms with Gasteiger partial charge >= 0.3 is 0 Å². The molecule has 34 heavy (non-hydrogen) atoms. The van der Waals surface area contributed by atoms with Crippen molar-refractivity contribution >= 4 is 34.3 Å². The first-order valence-electron chi connectivity index (χ1n) is 10.9. The molecule has 1 aromatic carbocycles. The highest BCUT2D eigenvalue weighted by Gasteiger charge is 2.64. The molecule has 3 aliphatic carbocycles. The van der Waals surface area contributed by atoms with Gasteiger partial charge in [0, 0.05) is 18.4 Å². The fraction of sp³-hybridized carbons (Fsp3) is 0.417. The van der Waals surface area contributed by atoms with E-state index in [1.54, 1.807) is 21.0 Å². The van der Waals surface area contributed by atoms with Crippen molar-refractivity contribution in [2.75, 3.05) is 14.1 Å². The third-order valence-electron chi connectivity index (χ3n) is 7.43. The number of nitrogens with two attached hydrogens (primary N) is 1. The third-order valence-corrected chi connectivity index (χ3v) is 7.43. The van der Waals surface area contributed by atoms with Crippen LogP contribution in [0.15, 0.2) is 27.4 Å². The number of oxazole rings is 1. The predicted octanol–water partition coefficient (Wildman–Crippen LogP) is 1.02. The first kappa shape index (κ1) is 22.3. The summed E-state index contributed by atoms with van der Waals surface area (Å²) in [5, 5.41) is 33.8. The Labute approximate surface area is 194 Å². The Kier molecular flexibility index (Phi) is 4.59. The number of primary amides is 1. The number of fused-ring (bicyclic) bond motifs is 5. The van der Waals surface area contributed by atoms with Crippen LogP contribution in [0.3, 0.4) is 0 Å². The van der Waals surface area contributed by atoms with Gasteiger partial charge in [0.25, 0.3) is 5.91 Å². The number of carbonyl (C=O) groups is 3. The molecule has 10 heteroatoms. The van der Waals surface area contributed by atoms with Crippen LogP contribution >= 0.6 is 0 Å². The zero-order valence-electron chi connectivity index (χ0n) is 19.2. The number of benzene rings is 1. The molecule has 0 bridgehead atoms. The topological polar surface area (TPSA) is 167 Å². The second-order valence-electron chi connectivity index (χ2n) is 9.59. The maximum atomic E-state index is 13.8. The van der Waals surface area contributed by atoms with E-state index >= 15 is 0 Å². The second kappa shape index (κ2) is 7.00. The van der Waals surface area contributed by atoms with E-state index in [9.17, 15) is 29.7 Å². The molecule has 178 valence electrons. The summed E-state index contributed by atoms with van der Waals surface area (Å²) in [6.07, 6.45) is 0.467. The molecule has 0 radical (unpaired) electrons. The predicted molar refractivity (Wildman–Crippen MR) is 120 cm³/mol. The Morgan fingerprint density at radius 1 is 1.26 bits per heavy atom. The van der Waals surface area contributed by atoms with Gasteiger partial charge in [0.2, 0.25) is 5.78 Å². The average Bonchev–Trinajstić information content (AvgIpc) is 3.10. The molecule has 1 heterocycles. The van der Waals surface area contributed by atoms with E-state index < -0.39 is 52.3 Å². The van der Waals surface area contributed by atoms with E-state index in [0.29, 0.717) is 29.0 Å². The van der Waals surface area contributed by atoms with Crippen LogP contribution in [-0.4, -0.2) is 68.4 Å². The number of rotatable bonds is 2. The Hall–Kier alpha value is -3.50. The maximum absolute atomic E-state index is 13.8. The number of Topliss-reactive ketones (excluding diaryl/α,β-unsaturated/α-hetero) is 2. The highest BCUT2D eigenvalue weighted by atomic mass is 16.4. The van der Waals surface area contributed by atoms with Crippen molar-refractivity contribution in [3.8, 4) is 0 Å². The lowest BCUT2D eigenvalue weighted by Crippen LogP contribution is -2.65. The Balaban J connectivity index is 1.79. The van der Waals surface area contributed by atoms with Crippen molar-refractivity contribution in [1.29, 1.82) is 0 Å². The number of nitrogens with zero attached hydrogens (tertiary/aromatic N) is 2. The van der Waals surface area contributed by atoms with Crippen LogP contribution in [0, 0.1) is 25.7 Å². The first-order chi connectivity index (χ1) is 15.9. The average molecular weight is 467 g/mol. The van der Waals surface area contributed by atoms with E-state index in [1.165, 1.54) is 4.90 Å². The molecule has 0 spiro atoms. The Morgan fingerprint density at radius 3 is 2.56 bits per heavy atom. The van der Waals surface area contributed by atoms with Gasteiger partial charge in [0.05, 0.1) is 11.6 Å². The zero-order chi connectivity index (χ0) is 24.9. The number of aliphatic hydroxyl groups is 3. The molecule has 4 atom stereocenters. The lowest BCUT2D eigenvalue weighted by atomic mass is 9.57. The maximum Gasteiger partial charge on any atom is 0.255 e. The van der Waals surface area contributed by atoms with E-state index in [2.05, 4.69) is 4.98 Å². The SMILES string of the molecule is Cc1nc2cc(C)c3c(c2o1)C(O)=C1C(=O)[C@]2(O)C(O)=C(C(N)=O)C(=O)[C@@H](N(C)C)[C@@H]2C[C@@H]1C3. The van der Waals surface area contributed by atoms with Gasteiger partial charge in [-0.25, -0.2) is 4.98 Å². The number of carbonyl (C=O) groups excluding carboxylic acids is 3. The Bertz CT molecular complexity index is 1380. The summed E-state index contributed by atoms with van der Waals surface area (Å²) in [6, 6.07) is 0.780. The van der Waals surface area contributed by atoms with Gasteiger partial charge in [-0.3, -0.25) is 19.3 Å². The van der Waals surface area contributed by atoms with E-state index in [1.807, 2.05) is 13.0 Å². The molecule has 0 saturated heterocycles. The fourth-order valence-electron chi connectivity index (χ4n) is 5.99. The van der Waals surface area contributed by atoms with Crippen LogP contribution in [0.5, 0.6) is 0 Å². The van der Waals surface area contributed by atoms with Crippen LogP contribution in [-0.2, 0) is 20.8 Å². The lowest BCUT2D eigenvalue weighted by molar-refractivity contribution is -0.153. The minimum absolute atomic E-state index is 0.0746. The first-order valence-corrected chi connectivity index (χ1v) is 10.9. The van der Waals surface area contributed by atoms with E-state index in [0.717, 1.165) is 11.1 Å². The number of likely N-dealkylation sites (N-methyl/N-ethyl adjacent to an activating group) is 1. The third kappa shape index (κ3) is 2.63. The van der Waals surface area contributed by atoms with Gasteiger partial charge in [0.15, 0.2) is 22.9 Å². The number of ketones is 2. The molecule has 1 saturated carbocycles. The largest absolute Gasteiger partial charge is 0.508 e. The Morgan fingerprint density at radius 2 is 1.94 bits per heavy atom. The minimum atomic E-state index is -2.59. The number of hydrogen-bond acceptors (Lipinski definition) is 9. The molecule has 2 aromatic rings. The van der Waals surface area contributed by atoms with Crippen LogP contribution in [0.4, 0.5) is 0 Å². The van der Waals surface area contributed by atoms with Gasteiger partial charge in [-0.05, 0) is 57.0 Å². The summed E-state index contributed by atoms with van der Waals surface area (Å²) in [5.41, 5.74) is 4.69. The molecule has 0 aliphatic heterocycles. The van der Waals surface area contributed by atoms with Gasteiger partial charge in [-0.2, -0.15) is 0 Å². The molecule has 1 fully saturated rings. The zero-order valence-corrected chi connectivity index (χ0v) is 19.2. The van der Waals surface area contributed by atoms with Gasteiger partial charge in [-0.15, -0.1) is 0 Å². The minimum Gasteiger partial charge on any atom is -0.508 e. The molecule has 5 N–H and O–H groups in total. The van der Waals surface area contributed by atoms with Gasteiger partial charge in [0.1, 0.15) is 22.6 Å². The number of aryl methyl sites for hydroxylation is 2. The molecule has 3 aliphatic rings. The summed E-state index contributed by atoms with van der Waals surface area (Å²) >= 11 is 0. The summed E-state index contributed by atoms with van der Waals surface area (Å²) < 4.78 is 5.72. The number of amides is 1. The lowest BCUT2D eigenvalue weighted by Gasteiger charge is -2.50. The molecular formula is C24H25N3O7. The number of hydrogen-bond donors (Lipinski definition) is 4. The fourth-order valence-corrected chi connectivity index (χ4v) is 5.99. The van der Waals surface area contributed by atoms with Crippen LogP contribution < -0.4 is 5.73 Å². The van der Waals surface area contributed by atoms with Gasteiger partial charge < -0.3 is 25.5 Å². The number of aliphatic hydroxyl groups excluding tert-OH is 2. The highest BCUT2D eigenvalue weighted by Crippen LogP contribution is 2.52. The van der Waals surface area contributed by atoms with Crippen LogP contribution in [0.25, 0.3) is 16.9 Å². The van der Waals surface area contributed by atoms with Gasteiger partial charge in [-0.1, -0.05) is 0 Å². The van der Waals surface area contributed by atoms with Crippen molar-refractivity contribution in [2.24, 2.45) is 17.6 Å². The van der Waals surface area contributed by atoms with E-state index in [4.69, 9.17) is 10.2 Å². The van der Waals surface area contributed by atoms with Crippen molar-refractivity contribution in [3.05, 3.63) is 45.6 Å². The van der Waals surface area contributed by atoms with E-state index in [-0.39, 0.29) is 17.8 Å². The van der Waals surface area contributed by atoms with Crippen molar-refractivity contribution in [2.45, 2.75) is 38.3 Å². The molecule has 10 nitrogen and oxygen atoms in total. The van der Waals surface area contributed by atoms with Crippen molar-refractivity contribution in [1.82, 2.24) is 9.88 Å². The molecule has 1 aromatic heterocycles. The standard InChI is InChI=1S/C24H25N3O7/c1-8-5-13-20(34-9(2)26-13)15-11(8)6-10-7-12-17(27(3)4)19(29)16(23(25)32)22(31)24(12,33)21(30)14(10)18(15)28/h5,10,12,17,28,31,33H,6-7H2,1-4H3,(H2,25,32)/t10-,12-,17-,24-/m0/s1. The molecule has 1 amide bonds. The summed E-state index contributed by atoms with van der Waals surface area (Å²) in [4.78, 5) is 44.8. The summed E-state index contributed by atoms with van der Waals surface area (Å²) in [6.45, 7) is 3.55. The second-order valence-corrected chi connectivity index (χ2v) is 9.59.